The molecule has 12 heteroatoms. The van der Waals surface area contributed by atoms with Crippen LogP contribution in [0.15, 0.2) is 83.3 Å². The number of nitrogens with zero attached hydrogens (tertiary/aromatic N) is 5. The first-order chi connectivity index (χ1) is 29.3. The van der Waals surface area contributed by atoms with Gasteiger partial charge in [-0.2, -0.15) is 5.10 Å². The zero-order valence-electron chi connectivity index (χ0n) is 35.6. The number of fused-ring (bicyclic) bond motifs is 2. The Morgan fingerprint density at radius 2 is 1.67 bits per heavy atom. The molecule has 1 N–H and O–H groups in total. The fourth-order valence-corrected chi connectivity index (χ4v) is 7.94. The highest BCUT2D eigenvalue weighted by atomic mass is 19.1. The van der Waals surface area contributed by atoms with E-state index in [1.165, 1.54) is 12.1 Å². The van der Waals surface area contributed by atoms with E-state index in [4.69, 9.17) is 28.7 Å². The highest BCUT2D eigenvalue weighted by molar-refractivity contribution is 5.85. The molecule has 7 rings (SSSR count). The Hall–Kier alpha value is -5.14. The average Bonchev–Trinajstić information content (AvgIpc) is 3.83. The predicted molar refractivity (Wildman–Crippen MR) is 233 cm³/mol. The summed E-state index contributed by atoms with van der Waals surface area (Å²) in [5.74, 6) is 1.61. The average molecular weight is 819 g/mol. The van der Waals surface area contributed by atoms with Crippen molar-refractivity contribution < 1.29 is 27.8 Å². The highest BCUT2D eigenvalue weighted by Crippen LogP contribution is 2.29. The standard InChI is InChI=1S/C48H59FN6O5/c1-5-54(6-2)46(56)32-44-47(52-55-35(4)29-34(3)51-48(44)55)38-12-17-41(18-13-38)58-26-24-53-22-19-42(20-23-53)59-28-27-57-25-21-50-33-37-7-11-39-31-43(60-45(39)30-37)16-10-36-8-14-40(49)15-9-36/h7-9,11-15,17-18,29-31,42,50H,5-6,10,16,19-28,32-33H2,1-4H3. The number of hydrogen-bond acceptors (Lipinski definition) is 9. The summed E-state index contributed by atoms with van der Waals surface area (Å²) in [4.78, 5) is 22.3. The molecule has 4 heterocycles. The van der Waals surface area contributed by atoms with Crippen LogP contribution in [0.5, 0.6) is 5.75 Å². The number of nitrogens with one attached hydrogen (secondary N) is 1. The second-order valence-electron chi connectivity index (χ2n) is 15.6. The van der Waals surface area contributed by atoms with Gasteiger partial charge in [0.15, 0.2) is 5.65 Å². The molecule has 0 radical (unpaired) electrons. The molecule has 11 nitrogen and oxygen atoms in total. The first-order valence-electron chi connectivity index (χ1n) is 21.5. The van der Waals surface area contributed by atoms with E-state index in [9.17, 15) is 9.18 Å². The summed E-state index contributed by atoms with van der Waals surface area (Å²) in [6, 6.07) is 25.1. The number of carbonyl (C=O) groups is 1. The lowest BCUT2D eigenvalue weighted by molar-refractivity contribution is -0.130. The number of halogens is 1. The number of piperidine rings is 1. The number of aromatic nitrogens is 3. The van der Waals surface area contributed by atoms with Crippen LogP contribution in [0, 0.1) is 19.7 Å². The Morgan fingerprint density at radius 1 is 0.900 bits per heavy atom. The molecular formula is C48H59FN6O5. The molecule has 60 heavy (non-hydrogen) atoms. The van der Waals surface area contributed by atoms with E-state index in [1.54, 1.807) is 0 Å². The maximum absolute atomic E-state index is 13.2. The molecule has 6 aromatic rings. The van der Waals surface area contributed by atoms with E-state index in [-0.39, 0.29) is 24.2 Å². The highest BCUT2D eigenvalue weighted by Gasteiger charge is 2.23. The Labute approximate surface area is 352 Å². The quantitative estimate of drug-likeness (QED) is 0.0730. The lowest BCUT2D eigenvalue weighted by Gasteiger charge is -2.31. The van der Waals surface area contributed by atoms with Crippen molar-refractivity contribution in [3.8, 4) is 17.0 Å². The molecule has 3 aromatic carbocycles. The number of amides is 1. The van der Waals surface area contributed by atoms with Crippen molar-refractivity contribution in [2.75, 3.05) is 65.7 Å². The van der Waals surface area contributed by atoms with Crippen molar-refractivity contribution in [1.82, 2.24) is 29.7 Å². The van der Waals surface area contributed by atoms with Crippen LogP contribution >= 0.6 is 0 Å². The summed E-state index contributed by atoms with van der Waals surface area (Å²) in [7, 11) is 0. The fraction of sp³-hybridized carbons (Fsp3) is 0.438. The first-order valence-corrected chi connectivity index (χ1v) is 21.5. The summed E-state index contributed by atoms with van der Waals surface area (Å²) in [5, 5.41) is 9.47. The number of ether oxygens (including phenoxy) is 3. The number of likely N-dealkylation sites (tertiary alicyclic amines) is 1. The molecule has 0 bridgehead atoms. The molecule has 0 atom stereocenters. The van der Waals surface area contributed by atoms with Crippen LogP contribution in [0.25, 0.3) is 27.9 Å². The van der Waals surface area contributed by atoms with Crippen LogP contribution in [0.4, 0.5) is 4.39 Å². The Balaban J connectivity index is 0.760. The van der Waals surface area contributed by atoms with Crippen molar-refractivity contribution in [1.29, 1.82) is 0 Å². The van der Waals surface area contributed by atoms with Gasteiger partial charge < -0.3 is 28.8 Å². The number of benzene rings is 3. The van der Waals surface area contributed by atoms with Gasteiger partial charge in [0.05, 0.1) is 38.0 Å². The van der Waals surface area contributed by atoms with Crippen molar-refractivity contribution in [2.24, 2.45) is 0 Å². The largest absolute Gasteiger partial charge is 0.492 e. The van der Waals surface area contributed by atoms with Crippen LogP contribution in [-0.2, 0) is 40.1 Å². The van der Waals surface area contributed by atoms with Gasteiger partial charge in [-0.25, -0.2) is 13.9 Å². The van der Waals surface area contributed by atoms with E-state index in [2.05, 4.69) is 34.5 Å². The van der Waals surface area contributed by atoms with Gasteiger partial charge in [0, 0.05) is 80.1 Å². The van der Waals surface area contributed by atoms with Gasteiger partial charge in [0.25, 0.3) is 0 Å². The predicted octanol–water partition coefficient (Wildman–Crippen LogP) is 7.76. The van der Waals surface area contributed by atoms with Gasteiger partial charge in [0.2, 0.25) is 5.91 Å². The Morgan fingerprint density at radius 3 is 2.43 bits per heavy atom. The third kappa shape index (κ3) is 11.4. The van der Waals surface area contributed by atoms with Gasteiger partial charge >= 0.3 is 0 Å². The molecule has 0 aliphatic carbocycles. The molecule has 3 aromatic heterocycles. The maximum atomic E-state index is 13.2. The summed E-state index contributed by atoms with van der Waals surface area (Å²) in [6.07, 6.45) is 4.09. The van der Waals surface area contributed by atoms with Gasteiger partial charge in [0.1, 0.15) is 29.5 Å². The summed E-state index contributed by atoms with van der Waals surface area (Å²) >= 11 is 0. The molecule has 1 fully saturated rings. The molecule has 1 aliphatic heterocycles. The second-order valence-corrected chi connectivity index (χ2v) is 15.6. The summed E-state index contributed by atoms with van der Waals surface area (Å²) in [5.41, 5.74) is 8.33. The Kier molecular flexibility index (Phi) is 15.0. The first kappa shape index (κ1) is 43.0. The minimum absolute atomic E-state index is 0.0754. The van der Waals surface area contributed by atoms with Crippen molar-refractivity contribution >= 4 is 22.5 Å². The lowest BCUT2D eigenvalue weighted by Crippen LogP contribution is -2.39. The topological polar surface area (TPSA) is 107 Å². The summed E-state index contributed by atoms with van der Waals surface area (Å²) < 4.78 is 39.3. The van der Waals surface area contributed by atoms with E-state index < -0.39 is 0 Å². The molecule has 318 valence electrons. The molecule has 0 saturated carbocycles. The normalized spacial score (nSPS) is 13.8. The second kappa shape index (κ2) is 20.9. The molecule has 0 spiro atoms. The minimum Gasteiger partial charge on any atom is -0.492 e. The lowest BCUT2D eigenvalue weighted by atomic mass is 10.0. The van der Waals surface area contributed by atoms with E-state index in [0.717, 1.165) is 126 Å². The number of furan rings is 1. The van der Waals surface area contributed by atoms with Gasteiger partial charge in [-0.1, -0.05) is 24.3 Å². The van der Waals surface area contributed by atoms with Crippen LogP contribution in [-0.4, -0.2) is 102 Å². The van der Waals surface area contributed by atoms with Crippen molar-refractivity contribution in [3.05, 3.63) is 119 Å². The monoisotopic (exact) mass is 818 g/mol. The van der Waals surface area contributed by atoms with Gasteiger partial charge in [-0.15, -0.1) is 0 Å². The van der Waals surface area contributed by atoms with Crippen LogP contribution < -0.4 is 10.1 Å². The molecule has 1 saturated heterocycles. The van der Waals surface area contributed by atoms with E-state index >= 15 is 0 Å². The number of rotatable bonds is 21. The molecule has 1 amide bonds. The van der Waals surface area contributed by atoms with E-state index in [0.29, 0.717) is 39.5 Å². The van der Waals surface area contributed by atoms with Gasteiger partial charge in [-0.05, 0) is 113 Å². The fourth-order valence-electron chi connectivity index (χ4n) is 7.94. The maximum Gasteiger partial charge on any atom is 0.227 e. The van der Waals surface area contributed by atoms with Crippen LogP contribution in [0.2, 0.25) is 0 Å². The zero-order valence-corrected chi connectivity index (χ0v) is 35.6. The van der Waals surface area contributed by atoms with Crippen molar-refractivity contribution in [2.45, 2.75) is 72.4 Å². The van der Waals surface area contributed by atoms with Crippen LogP contribution in [0.1, 0.15) is 60.5 Å². The molecule has 0 unspecified atom stereocenters. The number of hydrogen-bond donors (Lipinski definition) is 1. The van der Waals surface area contributed by atoms with Crippen molar-refractivity contribution in [3.63, 3.8) is 0 Å². The third-order valence-corrected chi connectivity index (χ3v) is 11.3. The Bertz CT molecular complexity index is 2300. The molecule has 1 aliphatic rings. The third-order valence-electron chi connectivity index (χ3n) is 11.3. The van der Waals surface area contributed by atoms with Crippen LogP contribution in [0.3, 0.4) is 0 Å². The van der Waals surface area contributed by atoms with Gasteiger partial charge in [-0.3, -0.25) is 9.69 Å². The minimum atomic E-state index is -0.213. The summed E-state index contributed by atoms with van der Waals surface area (Å²) in [6.45, 7) is 16.0. The molecular weight excluding hydrogens is 760 g/mol. The number of aryl methyl sites for hydroxylation is 4. The number of likely N-dealkylation sites (N-methyl/N-ethyl adjacent to an activating group) is 1. The number of carbonyl (C=O) groups excluding carboxylic acids is 1. The zero-order chi connectivity index (χ0) is 41.8. The van der Waals surface area contributed by atoms with E-state index in [1.807, 2.05) is 79.6 Å². The smallest absolute Gasteiger partial charge is 0.227 e. The SMILES string of the molecule is CCN(CC)C(=O)Cc1c(-c2ccc(OCCN3CCC(OCCOCCNCc4ccc5cc(CCc6ccc(F)cc6)oc5c4)CC3)cc2)nn2c(C)cc(C)nc12.